The summed E-state index contributed by atoms with van der Waals surface area (Å²) in [6.07, 6.45) is 8.16. The highest BCUT2D eigenvalue weighted by molar-refractivity contribution is 5.93. The van der Waals surface area contributed by atoms with E-state index in [9.17, 15) is 14.7 Å². The molecule has 30 heavy (non-hydrogen) atoms. The highest BCUT2D eigenvalue weighted by atomic mass is 16.4. The van der Waals surface area contributed by atoms with Gasteiger partial charge in [0.25, 0.3) is 0 Å². The molecule has 3 aromatic rings. The van der Waals surface area contributed by atoms with Crippen LogP contribution in [0.3, 0.4) is 0 Å². The first-order chi connectivity index (χ1) is 14.6. The molecule has 1 aliphatic carbocycles. The molecular formula is C24H27N3O3. The number of aliphatic carboxylic acids is 1. The molecule has 1 unspecified atom stereocenters. The number of benzene rings is 2. The van der Waals surface area contributed by atoms with Crippen molar-refractivity contribution < 1.29 is 14.7 Å². The molecule has 156 valence electrons. The van der Waals surface area contributed by atoms with E-state index in [-0.39, 0.29) is 18.4 Å². The van der Waals surface area contributed by atoms with Crippen molar-refractivity contribution in [2.45, 2.75) is 51.0 Å². The highest BCUT2D eigenvalue weighted by Crippen LogP contribution is 2.29. The molecular weight excluding hydrogens is 378 g/mol. The fourth-order valence-electron chi connectivity index (χ4n) is 4.43. The predicted molar refractivity (Wildman–Crippen MR) is 116 cm³/mol. The van der Waals surface area contributed by atoms with Gasteiger partial charge in [0.2, 0.25) is 5.91 Å². The molecule has 1 heterocycles. The molecule has 1 fully saturated rings. The smallest absolute Gasteiger partial charge is 0.305 e. The number of nitrogens with zero attached hydrogens (tertiary/aromatic N) is 2. The van der Waals surface area contributed by atoms with Gasteiger partial charge >= 0.3 is 5.97 Å². The van der Waals surface area contributed by atoms with Gasteiger partial charge in [0.15, 0.2) is 0 Å². The number of fused-ring (bicyclic) bond motifs is 1. The third-order valence-corrected chi connectivity index (χ3v) is 5.95. The van der Waals surface area contributed by atoms with Crippen LogP contribution in [-0.2, 0) is 9.59 Å². The first-order valence-corrected chi connectivity index (χ1v) is 10.6. The monoisotopic (exact) mass is 405 g/mol. The molecule has 0 spiro atoms. The van der Waals surface area contributed by atoms with E-state index in [2.05, 4.69) is 10.3 Å². The zero-order valence-corrected chi connectivity index (χ0v) is 17.0. The summed E-state index contributed by atoms with van der Waals surface area (Å²) in [5.41, 5.74) is 3.20. The van der Waals surface area contributed by atoms with Crippen molar-refractivity contribution in [2.24, 2.45) is 5.92 Å². The molecule has 6 heteroatoms. The maximum Gasteiger partial charge on any atom is 0.305 e. The third kappa shape index (κ3) is 4.70. The van der Waals surface area contributed by atoms with Crippen molar-refractivity contribution in [2.75, 3.05) is 5.32 Å². The Morgan fingerprint density at radius 1 is 1.10 bits per heavy atom. The fraction of sp³-hybridized carbons (Fsp3) is 0.375. The van der Waals surface area contributed by atoms with Crippen LogP contribution in [0.15, 0.2) is 54.9 Å². The second-order valence-corrected chi connectivity index (χ2v) is 8.14. The third-order valence-electron chi connectivity index (χ3n) is 5.95. The summed E-state index contributed by atoms with van der Waals surface area (Å²) < 4.78 is 1.88. The summed E-state index contributed by atoms with van der Waals surface area (Å²) in [4.78, 5) is 28.5. The van der Waals surface area contributed by atoms with Gasteiger partial charge in [-0.2, -0.15) is 0 Å². The van der Waals surface area contributed by atoms with Gasteiger partial charge in [-0.1, -0.05) is 49.6 Å². The molecule has 1 aliphatic rings. The van der Waals surface area contributed by atoms with Gasteiger partial charge in [-0.05, 0) is 42.5 Å². The Bertz CT molecular complexity index is 1020. The van der Waals surface area contributed by atoms with E-state index >= 15 is 0 Å². The number of anilines is 1. The second kappa shape index (κ2) is 9.11. The second-order valence-electron chi connectivity index (χ2n) is 8.14. The summed E-state index contributed by atoms with van der Waals surface area (Å²) in [7, 11) is 0. The number of imidazole rings is 1. The van der Waals surface area contributed by atoms with E-state index in [0.717, 1.165) is 29.4 Å². The molecule has 2 N–H and O–H groups in total. The molecule has 0 aliphatic heterocycles. The Hall–Kier alpha value is -3.15. The van der Waals surface area contributed by atoms with E-state index in [4.69, 9.17) is 0 Å². The lowest BCUT2D eigenvalue weighted by Gasteiger charge is -2.21. The lowest BCUT2D eigenvalue weighted by Crippen LogP contribution is -2.18. The first kappa shape index (κ1) is 20.1. The van der Waals surface area contributed by atoms with E-state index in [1.165, 1.54) is 19.3 Å². The number of carboxylic acid groups (broad SMARTS) is 1. The quantitative estimate of drug-likeness (QED) is 0.579. The molecule has 1 atom stereocenters. The Morgan fingerprint density at radius 2 is 1.87 bits per heavy atom. The molecule has 1 saturated carbocycles. The van der Waals surface area contributed by atoms with E-state index in [0.29, 0.717) is 18.0 Å². The van der Waals surface area contributed by atoms with E-state index in [1.807, 2.05) is 53.1 Å². The van der Waals surface area contributed by atoms with Crippen molar-refractivity contribution in [1.29, 1.82) is 0 Å². The SMILES string of the molecule is O=C(O)CC(c1ccccc1)n1cnc2ccc(NC(=O)CC3CCCCC3)cc21. The van der Waals surface area contributed by atoms with Crippen LogP contribution >= 0.6 is 0 Å². The zero-order chi connectivity index (χ0) is 20.9. The van der Waals surface area contributed by atoms with Crippen molar-refractivity contribution in [3.8, 4) is 0 Å². The number of hydrogen-bond donors (Lipinski definition) is 2. The minimum atomic E-state index is -0.873. The van der Waals surface area contributed by atoms with Crippen LogP contribution in [0.5, 0.6) is 0 Å². The number of carbonyl (C=O) groups excluding carboxylic acids is 1. The van der Waals surface area contributed by atoms with Gasteiger partial charge in [0.1, 0.15) is 0 Å². The number of rotatable bonds is 7. The molecule has 0 bridgehead atoms. The number of carbonyl (C=O) groups is 2. The summed E-state index contributed by atoms with van der Waals surface area (Å²) in [6.45, 7) is 0. The molecule has 4 rings (SSSR count). The van der Waals surface area contributed by atoms with Crippen LogP contribution in [0.4, 0.5) is 5.69 Å². The van der Waals surface area contributed by atoms with Gasteiger partial charge in [-0.25, -0.2) is 4.98 Å². The largest absolute Gasteiger partial charge is 0.481 e. The lowest BCUT2D eigenvalue weighted by atomic mass is 9.87. The average Bonchev–Trinajstić information content (AvgIpc) is 3.16. The van der Waals surface area contributed by atoms with Gasteiger partial charge in [-0.3, -0.25) is 9.59 Å². The van der Waals surface area contributed by atoms with Crippen LogP contribution < -0.4 is 5.32 Å². The number of aromatic nitrogens is 2. The van der Waals surface area contributed by atoms with Crippen LogP contribution in [0.25, 0.3) is 11.0 Å². The van der Waals surface area contributed by atoms with E-state index < -0.39 is 5.97 Å². The molecule has 0 saturated heterocycles. The molecule has 0 radical (unpaired) electrons. The van der Waals surface area contributed by atoms with Crippen LogP contribution in [0, 0.1) is 5.92 Å². The normalized spacial score (nSPS) is 15.7. The highest BCUT2D eigenvalue weighted by Gasteiger charge is 2.21. The topological polar surface area (TPSA) is 84.2 Å². The molecule has 6 nitrogen and oxygen atoms in total. The molecule has 2 aromatic carbocycles. The van der Waals surface area contributed by atoms with Crippen LogP contribution in [0.1, 0.15) is 56.6 Å². The molecule has 1 aromatic heterocycles. The Morgan fingerprint density at radius 3 is 2.60 bits per heavy atom. The van der Waals surface area contributed by atoms with Crippen molar-refractivity contribution in [3.05, 3.63) is 60.4 Å². The van der Waals surface area contributed by atoms with Crippen LogP contribution in [0.2, 0.25) is 0 Å². The van der Waals surface area contributed by atoms with Gasteiger partial charge in [0.05, 0.1) is 29.8 Å². The molecule has 1 amide bonds. The van der Waals surface area contributed by atoms with Crippen molar-refractivity contribution >= 4 is 28.6 Å². The Balaban J connectivity index is 1.58. The number of carboxylic acids is 1. The lowest BCUT2D eigenvalue weighted by molar-refractivity contribution is -0.137. The maximum atomic E-state index is 12.5. The van der Waals surface area contributed by atoms with Gasteiger partial charge in [0, 0.05) is 12.1 Å². The van der Waals surface area contributed by atoms with E-state index in [1.54, 1.807) is 6.33 Å². The van der Waals surface area contributed by atoms with Gasteiger partial charge < -0.3 is 15.0 Å². The minimum Gasteiger partial charge on any atom is -0.481 e. The Labute approximate surface area is 175 Å². The first-order valence-electron chi connectivity index (χ1n) is 10.6. The summed E-state index contributed by atoms with van der Waals surface area (Å²) in [6, 6.07) is 14.8. The number of amides is 1. The summed E-state index contributed by atoms with van der Waals surface area (Å²) >= 11 is 0. The van der Waals surface area contributed by atoms with Crippen molar-refractivity contribution in [3.63, 3.8) is 0 Å². The minimum absolute atomic E-state index is 0.0393. The standard InChI is InChI=1S/C24H27N3O3/c28-23(13-17-7-3-1-4-8-17)26-19-11-12-20-22(14-19)27(16-25-20)21(15-24(29)30)18-9-5-2-6-10-18/h2,5-6,9-12,14,16-17,21H,1,3-4,7-8,13,15H2,(H,26,28)(H,29,30). The number of nitrogens with one attached hydrogen (secondary N) is 1. The maximum absolute atomic E-state index is 12.5. The summed E-state index contributed by atoms with van der Waals surface area (Å²) in [5.74, 6) is -0.355. The Kier molecular flexibility index (Phi) is 6.12. The number of hydrogen-bond acceptors (Lipinski definition) is 3. The summed E-state index contributed by atoms with van der Waals surface area (Å²) in [5, 5.41) is 12.5. The predicted octanol–water partition coefficient (Wildman–Crippen LogP) is 5.01. The van der Waals surface area contributed by atoms with Crippen LogP contribution in [-0.4, -0.2) is 26.5 Å². The van der Waals surface area contributed by atoms with Crippen molar-refractivity contribution in [1.82, 2.24) is 9.55 Å². The zero-order valence-electron chi connectivity index (χ0n) is 17.0. The van der Waals surface area contributed by atoms with Gasteiger partial charge in [-0.15, -0.1) is 0 Å². The fourth-order valence-corrected chi connectivity index (χ4v) is 4.43. The average molecular weight is 405 g/mol.